The van der Waals surface area contributed by atoms with E-state index in [9.17, 15) is 26.4 Å². The van der Waals surface area contributed by atoms with Gasteiger partial charge < -0.3 is 9.47 Å². The summed E-state index contributed by atoms with van der Waals surface area (Å²) in [6, 6.07) is 0. The van der Waals surface area contributed by atoms with Crippen molar-refractivity contribution in [1.29, 1.82) is 0 Å². The molecule has 2 atom stereocenters. The fourth-order valence-corrected chi connectivity index (χ4v) is 2.04. The lowest BCUT2D eigenvalue weighted by atomic mass is 10.0. The molecule has 1 aliphatic rings. The minimum absolute atomic E-state index is 0.169. The van der Waals surface area contributed by atoms with Gasteiger partial charge in [0.15, 0.2) is 0 Å². The lowest BCUT2D eigenvalue weighted by Gasteiger charge is -2.13. The summed E-state index contributed by atoms with van der Waals surface area (Å²) in [5.41, 5.74) is -5.49. The molecule has 1 heterocycles. The second-order valence-electron chi connectivity index (χ2n) is 4.84. The average Bonchev–Trinajstić information content (AvgIpc) is 3.15. The summed E-state index contributed by atoms with van der Waals surface area (Å²) in [5, 5.41) is 0. The van der Waals surface area contributed by atoms with Crippen LogP contribution in [0.15, 0.2) is 0 Å². The Morgan fingerprint density at radius 2 is 2.05 bits per heavy atom. The number of amides is 1. The fraction of sp³-hybridized carbons (Fsp3) is 0.909. The fourth-order valence-electron chi connectivity index (χ4n) is 1.46. The molecule has 21 heavy (non-hydrogen) atoms. The van der Waals surface area contributed by atoms with Crippen LogP contribution >= 0.6 is 0 Å². The number of carbonyl (C=O) groups is 1. The minimum atomic E-state index is -5.62. The van der Waals surface area contributed by atoms with Crippen LogP contribution in [-0.2, 0) is 24.3 Å². The van der Waals surface area contributed by atoms with Crippen LogP contribution in [0.5, 0.6) is 0 Å². The molecule has 0 aliphatic carbocycles. The Balaban J connectivity index is 2.18. The van der Waals surface area contributed by atoms with Crippen molar-refractivity contribution in [2.75, 3.05) is 19.8 Å². The van der Waals surface area contributed by atoms with Gasteiger partial charge in [0.1, 0.15) is 6.10 Å². The molecule has 0 radical (unpaired) electrons. The molecule has 0 aromatic carbocycles. The maximum Gasteiger partial charge on any atom is 0.516 e. The SMILES string of the molecule is CC(CCCCOCC1CO1)C(=O)NS(=O)(=O)C(F)(F)F. The number of alkyl halides is 3. The third-order valence-corrected chi connectivity index (χ3v) is 3.95. The van der Waals surface area contributed by atoms with Gasteiger partial charge in [-0.05, 0) is 12.8 Å². The van der Waals surface area contributed by atoms with Crippen molar-refractivity contribution in [3.8, 4) is 0 Å². The molecule has 1 fully saturated rings. The molecule has 0 aromatic heterocycles. The van der Waals surface area contributed by atoms with E-state index < -0.39 is 27.4 Å². The second kappa shape index (κ2) is 7.41. The van der Waals surface area contributed by atoms with Crippen molar-refractivity contribution < 1.29 is 35.9 Å². The zero-order valence-corrected chi connectivity index (χ0v) is 12.3. The van der Waals surface area contributed by atoms with Crippen molar-refractivity contribution in [1.82, 2.24) is 4.72 Å². The van der Waals surface area contributed by atoms with E-state index in [0.717, 1.165) is 4.72 Å². The average molecular weight is 333 g/mol. The summed E-state index contributed by atoms with van der Waals surface area (Å²) in [6.07, 6.45) is 1.63. The van der Waals surface area contributed by atoms with E-state index in [1.54, 1.807) is 0 Å². The second-order valence-corrected chi connectivity index (χ2v) is 6.52. The van der Waals surface area contributed by atoms with E-state index in [2.05, 4.69) is 0 Å². The van der Waals surface area contributed by atoms with E-state index in [1.165, 1.54) is 6.92 Å². The van der Waals surface area contributed by atoms with Crippen molar-refractivity contribution in [3.63, 3.8) is 0 Å². The monoisotopic (exact) mass is 333 g/mol. The van der Waals surface area contributed by atoms with Gasteiger partial charge in [-0.25, -0.2) is 4.72 Å². The van der Waals surface area contributed by atoms with Gasteiger partial charge in [-0.1, -0.05) is 13.3 Å². The van der Waals surface area contributed by atoms with Crippen LogP contribution in [0.1, 0.15) is 26.2 Å². The number of hydrogen-bond acceptors (Lipinski definition) is 5. The van der Waals surface area contributed by atoms with Gasteiger partial charge in [0.2, 0.25) is 5.91 Å². The third kappa shape index (κ3) is 6.62. The molecule has 0 aromatic rings. The molecule has 2 unspecified atom stereocenters. The number of halogens is 3. The summed E-state index contributed by atoms with van der Waals surface area (Å²) >= 11 is 0. The van der Waals surface area contributed by atoms with Crippen molar-refractivity contribution >= 4 is 15.9 Å². The van der Waals surface area contributed by atoms with Crippen LogP contribution < -0.4 is 4.72 Å². The molecular formula is C11H18F3NO5S. The smallest absolute Gasteiger partial charge is 0.379 e. The molecule has 1 rings (SSSR count). The van der Waals surface area contributed by atoms with E-state index >= 15 is 0 Å². The lowest BCUT2D eigenvalue weighted by molar-refractivity contribution is -0.123. The van der Waals surface area contributed by atoms with Crippen LogP contribution in [-0.4, -0.2) is 45.8 Å². The zero-order chi connectivity index (χ0) is 16.1. The number of nitrogens with one attached hydrogen (secondary N) is 1. The van der Waals surface area contributed by atoms with Crippen molar-refractivity contribution in [3.05, 3.63) is 0 Å². The van der Waals surface area contributed by atoms with Crippen LogP contribution in [0.4, 0.5) is 13.2 Å². The standard InChI is InChI=1S/C11H18F3NO5S/c1-8(4-2-3-5-19-6-9-7-20-9)10(16)15-21(17,18)11(12,13)14/h8-9H,2-7H2,1H3,(H,15,16). The first-order valence-electron chi connectivity index (χ1n) is 6.46. The van der Waals surface area contributed by atoms with Gasteiger partial charge in [-0.3, -0.25) is 4.79 Å². The van der Waals surface area contributed by atoms with Crippen molar-refractivity contribution in [2.45, 2.75) is 37.8 Å². The predicted octanol–water partition coefficient (Wildman–Crippen LogP) is 1.17. The van der Waals surface area contributed by atoms with Crippen LogP contribution in [0.2, 0.25) is 0 Å². The quantitative estimate of drug-likeness (QED) is 0.506. The first kappa shape index (κ1) is 18.2. The number of carbonyl (C=O) groups excluding carboxylic acids is 1. The topological polar surface area (TPSA) is 85.0 Å². The molecule has 6 nitrogen and oxygen atoms in total. The summed E-state index contributed by atoms with van der Waals surface area (Å²) in [7, 11) is -5.62. The van der Waals surface area contributed by atoms with E-state index in [4.69, 9.17) is 9.47 Å². The summed E-state index contributed by atoms with van der Waals surface area (Å²) < 4.78 is 69.0. The van der Waals surface area contributed by atoms with Gasteiger partial charge in [-0.15, -0.1) is 0 Å². The van der Waals surface area contributed by atoms with Crippen molar-refractivity contribution in [2.24, 2.45) is 5.92 Å². The van der Waals surface area contributed by atoms with Gasteiger partial charge in [0, 0.05) is 12.5 Å². The molecule has 0 saturated carbocycles. The highest BCUT2D eigenvalue weighted by Crippen LogP contribution is 2.22. The number of epoxide rings is 1. The molecule has 10 heteroatoms. The van der Waals surface area contributed by atoms with Crippen LogP contribution in [0.25, 0.3) is 0 Å². The number of hydrogen-bond donors (Lipinski definition) is 1. The number of ether oxygens (including phenoxy) is 2. The summed E-state index contributed by atoms with van der Waals surface area (Å²) in [5.74, 6) is -1.98. The van der Waals surface area contributed by atoms with E-state index in [-0.39, 0.29) is 12.5 Å². The normalized spacial score (nSPS) is 20.1. The molecule has 1 N–H and O–H groups in total. The van der Waals surface area contributed by atoms with Crippen LogP contribution in [0, 0.1) is 5.92 Å². The van der Waals surface area contributed by atoms with E-state index in [1.807, 2.05) is 0 Å². The Hall–Kier alpha value is -0.870. The van der Waals surface area contributed by atoms with Crippen LogP contribution in [0.3, 0.4) is 0 Å². The van der Waals surface area contributed by atoms with Gasteiger partial charge in [-0.2, -0.15) is 21.6 Å². The van der Waals surface area contributed by atoms with E-state index in [0.29, 0.717) is 32.7 Å². The maximum atomic E-state index is 12.1. The Morgan fingerprint density at radius 3 is 2.57 bits per heavy atom. The molecule has 1 saturated heterocycles. The third-order valence-electron chi connectivity index (χ3n) is 2.87. The summed E-state index contributed by atoms with van der Waals surface area (Å²) in [6.45, 7) is 3.06. The Morgan fingerprint density at radius 1 is 1.43 bits per heavy atom. The molecule has 1 amide bonds. The van der Waals surface area contributed by atoms with Gasteiger partial charge in [0.25, 0.3) is 0 Å². The number of unbranched alkanes of at least 4 members (excludes halogenated alkanes) is 1. The Kier molecular flexibility index (Phi) is 6.41. The predicted molar refractivity (Wildman–Crippen MR) is 66.7 cm³/mol. The highest BCUT2D eigenvalue weighted by molar-refractivity contribution is 7.90. The highest BCUT2D eigenvalue weighted by Gasteiger charge is 2.47. The molecular weight excluding hydrogens is 315 g/mol. The highest BCUT2D eigenvalue weighted by atomic mass is 32.2. The Labute approximate surface area is 121 Å². The molecule has 124 valence electrons. The van der Waals surface area contributed by atoms with Gasteiger partial charge >= 0.3 is 15.5 Å². The maximum absolute atomic E-state index is 12.1. The molecule has 1 aliphatic heterocycles. The minimum Gasteiger partial charge on any atom is -0.379 e. The van der Waals surface area contributed by atoms with Gasteiger partial charge in [0.05, 0.1) is 13.2 Å². The summed E-state index contributed by atoms with van der Waals surface area (Å²) in [4.78, 5) is 11.4. The first-order chi connectivity index (χ1) is 9.63. The largest absolute Gasteiger partial charge is 0.516 e. The first-order valence-corrected chi connectivity index (χ1v) is 7.94. The number of sulfonamides is 1. The zero-order valence-electron chi connectivity index (χ0n) is 11.5. The number of rotatable bonds is 9. The molecule has 0 bridgehead atoms. The molecule has 0 spiro atoms. The Bertz CT molecular complexity index is 447. The lowest BCUT2D eigenvalue weighted by Crippen LogP contribution is -2.42.